The fourth-order valence-corrected chi connectivity index (χ4v) is 11.2. The molecule has 5 saturated carbocycles. The van der Waals surface area contributed by atoms with Gasteiger partial charge in [-0.15, -0.1) is 0 Å². The Hall–Kier alpha value is -0.860. The van der Waals surface area contributed by atoms with Gasteiger partial charge in [-0.1, -0.05) is 41.5 Å². The molecule has 186 valence electrons. The van der Waals surface area contributed by atoms with Crippen LogP contribution < -0.4 is 0 Å². The third-order valence-corrected chi connectivity index (χ3v) is 14.0. The van der Waals surface area contributed by atoms with Gasteiger partial charge in [0.1, 0.15) is 5.78 Å². The zero-order chi connectivity index (χ0) is 24.2. The summed E-state index contributed by atoms with van der Waals surface area (Å²) in [6.07, 6.45) is 12.0. The second kappa shape index (κ2) is 6.88. The van der Waals surface area contributed by atoms with Gasteiger partial charge in [-0.3, -0.25) is 9.59 Å². The lowest BCUT2D eigenvalue weighted by Gasteiger charge is -2.74. The summed E-state index contributed by atoms with van der Waals surface area (Å²) in [6, 6.07) is 0. The summed E-state index contributed by atoms with van der Waals surface area (Å²) in [6.45, 7) is 16.9. The number of fused-ring (bicyclic) bond motifs is 7. The average Bonchev–Trinajstić information content (AvgIpc) is 2.74. The topological polar surface area (TPSA) is 54.4 Å². The molecule has 0 heterocycles. The van der Waals surface area contributed by atoms with E-state index < -0.39 is 11.4 Å². The summed E-state index contributed by atoms with van der Waals surface area (Å²) in [5, 5.41) is 10.1. The normalized spacial score (nSPS) is 58.5. The van der Waals surface area contributed by atoms with E-state index in [1.165, 1.54) is 38.5 Å². The maximum Gasteiger partial charge on any atom is 0.309 e. The van der Waals surface area contributed by atoms with Crippen LogP contribution in [0, 0.1) is 56.2 Å². The molecule has 0 aliphatic heterocycles. The summed E-state index contributed by atoms with van der Waals surface area (Å²) in [5.41, 5.74) is 0.621. The van der Waals surface area contributed by atoms with Gasteiger partial charge in [-0.25, -0.2) is 0 Å². The van der Waals surface area contributed by atoms with Crippen molar-refractivity contribution in [3.63, 3.8) is 0 Å². The van der Waals surface area contributed by atoms with Crippen LogP contribution in [0.3, 0.4) is 0 Å². The summed E-state index contributed by atoms with van der Waals surface area (Å²) in [5.74, 6) is 1.91. The van der Waals surface area contributed by atoms with E-state index in [2.05, 4.69) is 41.5 Å². The quantitative estimate of drug-likeness (QED) is 0.444. The molecule has 0 unspecified atom stereocenters. The second-order valence-corrected chi connectivity index (χ2v) is 15.0. The smallest absolute Gasteiger partial charge is 0.309 e. The maximum absolute atomic E-state index is 12.7. The monoisotopic (exact) mass is 456 g/mol. The van der Waals surface area contributed by atoms with Crippen LogP contribution >= 0.6 is 0 Å². The van der Waals surface area contributed by atoms with Crippen LogP contribution in [-0.4, -0.2) is 16.9 Å². The third kappa shape index (κ3) is 2.80. The predicted octanol–water partition coefficient (Wildman–Crippen LogP) is 7.52. The molecule has 1 N–H and O–H groups in total. The molecule has 0 amide bonds. The van der Waals surface area contributed by atoms with Gasteiger partial charge in [-0.05, 0) is 116 Å². The van der Waals surface area contributed by atoms with Gasteiger partial charge in [0.05, 0.1) is 5.41 Å². The molecule has 5 rings (SSSR count). The first kappa shape index (κ1) is 23.9. The molecule has 5 aliphatic rings. The van der Waals surface area contributed by atoms with Crippen molar-refractivity contribution in [2.24, 2.45) is 56.2 Å². The van der Waals surface area contributed by atoms with Gasteiger partial charge in [-0.2, -0.15) is 0 Å². The molecule has 5 aliphatic carbocycles. The summed E-state index contributed by atoms with van der Waals surface area (Å²) in [4.78, 5) is 25.0. The van der Waals surface area contributed by atoms with Crippen LogP contribution in [0.4, 0.5) is 0 Å². The third-order valence-electron chi connectivity index (χ3n) is 14.0. The molecule has 0 bridgehead atoms. The number of carboxylic acid groups (broad SMARTS) is 1. The zero-order valence-electron chi connectivity index (χ0n) is 22.4. The molecule has 33 heavy (non-hydrogen) atoms. The van der Waals surface area contributed by atoms with E-state index in [1.807, 2.05) is 6.92 Å². The van der Waals surface area contributed by atoms with Crippen molar-refractivity contribution >= 4 is 11.8 Å². The molecule has 0 radical (unpaired) electrons. The highest BCUT2D eigenvalue weighted by molar-refractivity contribution is 5.82. The number of carbonyl (C=O) groups excluding carboxylic acids is 1. The number of carbonyl (C=O) groups is 2. The van der Waals surface area contributed by atoms with Crippen LogP contribution in [0.25, 0.3) is 0 Å². The molecule has 0 aromatic heterocycles. The average molecular weight is 457 g/mol. The SMILES string of the molecule is C[C@H]1C(=O)CC[C@H]2[C@]3(C)CC[C@@]4(C)[C@@H]5C[C@@](C)(C(=O)O)CC[C@]5(C)CC[C@]4(C)[C@@H]3CC[C@@]21C. The predicted molar refractivity (Wildman–Crippen MR) is 132 cm³/mol. The molecule has 3 heteroatoms. The lowest BCUT2D eigenvalue weighted by molar-refractivity contribution is -0.257. The Morgan fingerprint density at radius 2 is 1.36 bits per heavy atom. The number of hydrogen-bond acceptors (Lipinski definition) is 2. The van der Waals surface area contributed by atoms with Crippen LogP contribution in [0.1, 0.15) is 119 Å². The maximum atomic E-state index is 12.7. The molecular formula is C30H48O3. The fraction of sp³-hybridized carbons (Fsp3) is 0.933. The Balaban J connectivity index is 1.54. The zero-order valence-corrected chi connectivity index (χ0v) is 22.4. The van der Waals surface area contributed by atoms with Crippen LogP contribution in [-0.2, 0) is 9.59 Å². The molecule has 0 saturated heterocycles. The summed E-state index contributed by atoms with van der Waals surface area (Å²) >= 11 is 0. The Kier molecular flexibility index (Phi) is 4.97. The van der Waals surface area contributed by atoms with E-state index in [-0.39, 0.29) is 27.6 Å². The van der Waals surface area contributed by atoms with Gasteiger partial charge in [0.2, 0.25) is 0 Å². The van der Waals surface area contributed by atoms with Gasteiger partial charge >= 0.3 is 5.97 Å². The molecule has 10 atom stereocenters. The second-order valence-electron chi connectivity index (χ2n) is 15.0. The Morgan fingerprint density at radius 1 is 0.758 bits per heavy atom. The molecular weight excluding hydrogens is 408 g/mol. The minimum absolute atomic E-state index is 0.153. The molecule has 0 aromatic carbocycles. The Labute approximate surface area is 201 Å². The molecule has 0 spiro atoms. The number of ketones is 1. The number of hydrogen-bond donors (Lipinski definition) is 1. The first-order chi connectivity index (χ1) is 15.2. The van der Waals surface area contributed by atoms with E-state index in [9.17, 15) is 14.7 Å². The van der Waals surface area contributed by atoms with E-state index in [4.69, 9.17) is 0 Å². The minimum Gasteiger partial charge on any atom is -0.481 e. The molecule has 3 nitrogen and oxygen atoms in total. The number of aliphatic carboxylic acids is 1. The van der Waals surface area contributed by atoms with E-state index in [0.717, 1.165) is 32.1 Å². The fourth-order valence-electron chi connectivity index (χ4n) is 11.2. The van der Waals surface area contributed by atoms with Crippen molar-refractivity contribution in [2.45, 2.75) is 119 Å². The van der Waals surface area contributed by atoms with Gasteiger partial charge in [0.25, 0.3) is 0 Å². The minimum atomic E-state index is -0.588. The van der Waals surface area contributed by atoms with Crippen molar-refractivity contribution in [2.75, 3.05) is 0 Å². The Bertz CT molecular complexity index is 880. The lowest BCUT2D eigenvalue weighted by Crippen LogP contribution is -2.68. The van der Waals surface area contributed by atoms with E-state index >= 15 is 0 Å². The van der Waals surface area contributed by atoms with Crippen LogP contribution in [0.15, 0.2) is 0 Å². The lowest BCUT2D eigenvalue weighted by atomic mass is 9.30. The van der Waals surface area contributed by atoms with Gasteiger partial charge < -0.3 is 5.11 Å². The van der Waals surface area contributed by atoms with Crippen molar-refractivity contribution in [3.05, 3.63) is 0 Å². The first-order valence-electron chi connectivity index (χ1n) is 13.9. The highest BCUT2D eigenvalue weighted by Crippen LogP contribution is 2.78. The Morgan fingerprint density at radius 3 is 2.03 bits per heavy atom. The van der Waals surface area contributed by atoms with Crippen LogP contribution in [0.2, 0.25) is 0 Å². The highest BCUT2D eigenvalue weighted by atomic mass is 16.4. The molecule has 5 fully saturated rings. The largest absolute Gasteiger partial charge is 0.481 e. The standard InChI is InChI=1S/C30H48O3/c1-19-20(31)8-9-21-27(19,4)11-10-22-28(21,5)15-17-30(7)23-18-26(3,24(32)33)13-12-25(23,2)14-16-29(22,30)6/h19,21-23H,8-18H2,1-7H3,(H,32,33)/t19-,21+,22+,23+,25+,26-,27+,28-,29+,30-/m0/s1. The molecule has 0 aromatic rings. The number of Topliss-reactive ketones (excluding diaryl/α,β-unsaturated/α-hetero) is 1. The van der Waals surface area contributed by atoms with Crippen molar-refractivity contribution in [1.82, 2.24) is 0 Å². The first-order valence-corrected chi connectivity index (χ1v) is 13.9. The number of rotatable bonds is 1. The van der Waals surface area contributed by atoms with Gasteiger partial charge in [0.15, 0.2) is 0 Å². The van der Waals surface area contributed by atoms with E-state index in [1.54, 1.807) is 0 Å². The van der Waals surface area contributed by atoms with E-state index in [0.29, 0.717) is 29.0 Å². The van der Waals surface area contributed by atoms with Crippen molar-refractivity contribution < 1.29 is 14.7 Å². The van der Waals surface area contributed by atoms with Gasteiger partial charge in [0, 0.05) is 12.3 Å². The number of carboxylic acids is 1. The summed E-state index contributed by atoms with van der Waals surface area (Å²) in [7, 11) is 0. The highest BCUT2D eigenvalue weighted by Gasteiger charge is 2.71. The van der Waals surface area contributed by atoms with Crippen molar-refractivity contribution in [3.8, 4) is 0 Å². The van der Waals surface area contributed by atoms with Crippen LogP contribution in [0.5, 0.6) is 0 Å². The summed E-state index contributed by atoms with van der Waals surface area (Å²) < 4.78 is 0. The van der Waals surface area contributed by atoms with Crippen molar-refractivity contribution in [1.29, 1.82) is 0 Å².